The van der Waals surface area contributed by atoms with Crippen LogP contribution in [0.5, 0.6) is 0 Å². The summed E-state index contributed by atoms with van der Waals surface area (Å²) >= 11 is 1.39. The highest BCUT2D eigenvalue weighted by molar-refractivity contribution is 7.99. The molecule has 6 heteroatoms. The van der Waals surface area contributed by atoms with Gasteiger partial charge in [0.2, 0.25) is 11.1 Å². The van der Waals surface area contributed by atoms with Gasteiger partial charge in [0, 0.05) is 13.5 Å². The molecule has 1 heterocycles. The average molecular weight is 330 g/mol. The van der Waals surface area contributed by atoms with E-state index in [0.717, 1.165) is 31.5 Å². The van der Waals surface area contributed by atoms with E-state index in [1.165, 1.54) is 22.9 Å². The zero-order valence-corrected chi connectivity index (χ0v) is 14.4. The summed E-state index contributed by atoms with van der Waals surface area (Å²) in [4.78, 5) is 18.8. The Morgan fingerprint density at radius 2 is 2.26 bits per heavy atom. The Labute approximate surface area is 140 Å². The molecule has 1 N–H and O–H groups in total. The number of hydrogen-bond donors (Lipinski definition) is 1. The molecule has 5 nitrogen and oxygen atoms in total. The predicted octanol–water partition coefficient (Wildman–Crippen LogP) is 3.00. The molecular formula is C17H22N4OS. The number of nitrogens with zero attached hydrogens (tertiary/aromatic N) is 3. The van der Waals surface area contributed by atoms with Gasteiger partial charge in [-0.3, -0.25) is 9.89 Å². The summed E-state index contributed by atoms with van der Waals surface area (Å²) in [6, 6.07) is 8.65. The second-order valence-electron chi connectivity index (χ2n) is 5.82. The fourth-order valence-electron chi connectivity index (χ4n) is 3.03. The molecule has 0 aliphatic heterocycles. The van der Waals surface area contributed by atoms with Crippen LogP contribution in [-0.4, -0.2) is 38.8 Å². The van der Waals surface area contributed by atoms with Gasteiger partial charge in [-0.1, -0.05) is 43.0 Å². The second-order valence-corrected chi connectivity index (χ2v) is 6.76. The lowest BCUT2D eigenvalue weighted by Crippen LogP contribution is -2.34. The zero-order valence-electron chi connectivity index (χ0n) is 13.6. The molecule has 0 saturated carbocycles. The van der Waals surface area contributed by atoms with Crippen molar-refractivity contribution in [2.24, 2.45) is 0 Å². The number of carbonyl (C=O) groups excluding carboxylic acids is 1. The third-order valence-corrected chi connectivity index (χ3v) is 5.20. The summed E-state index contributed by atoms with van der Waals surface area (Å²) < 4.78 is 0. The van der Waals surface area contributed by atoms with Crippen LogP contribution in [-0.2, 0) is 17.6 Å². The van der Waals surface area contributed by atoms with Crippen molar-refractivity contribution < 1.29 is 4.79 Å². The molecule has 2 aromatic rings. The third-order valence-electron chi connectivity index (χ3n) is 4.37. The van der Waals surface area contributed by atoms with E-state index in [-0.39, 0.29) is 11.9 Å². The average Bonchev–Trinajstić information content (AvgIpc) is 3.06. The first-order valence-electron chi connectivity index (χ1n) is 8.06. The minimum Gasteiger partial charge on any atom is -0.338 e. The van der Waals surface area contributed by atoms with E-state index in [1.54, 1.807) is 0 Å². The Hall–Kier alpha value is -1.82. The molecule has 0 saturated heterocycles. The summed E-state index contributed by atoms with van der Waals surface area (Å²) in [5.41, 5.74) is 2.67. The molecule has 0 fully saturated rings. The van der Waals surface area contributed by atoms with E-state index in [1.807, 2.05) is 18.9 Å². The normalized spacial score (nSPS) is 16.9. The van der Waals surface area contributed by atoms with Gasteiger partial charge in [0.25, 0.3) is 0 Å². The summed E-state index contributed by atoms with van der Waals surface area (Å²) in [6.45, 7) is 2.02. The molecule has 1 unspecified atom stereocenters. The minimum absolute atomic E-state index is 0.125. The largest absolute Gasteiger partial charge is 0.338 e. The first-order valence-corrected chi connectivity index (χ1v) is 9.05. The Morgan fingerprint density at radius 3 is 3.04 bits per heavy atom. The molecular weight excluding hydrogens is 308 g/mol. The van der Waals surface area contributed by atoms with Gasteiger partial charge in [-0.2, -0.15) is 0 Å². The van der Waals surface area contributed by atoms with Crippen molar-refractivity contribution in [2.45, 2.75) is 43.8 Å². The Balaban J connectivity index is 1.64. The number of amides is 1. The van der Waals surface area contributed by atoms with Crippen LogP contribution in [0.25, 0.3) is 0 Å². The summed E-state index contributed by atoms with van der Waals surface area (Å²) in [5.74, 6) is 1.35. The zero-order chi connectivity index (χ0) is 16.2. The number of thioether (sulfide) groups is 1. The number of hydrogen-bond acceptors (Lipinski definition) is 4. The van der Waals surface area contributed by atoms with Gasteiger partial charge in [-0.15, -0.1) is 5.10 Å². The maximum atomic E-state index is 12.5. The number of aromatic nitrogens is 3. The smallest absolute Gasteiger partial charge is 0.233 e. The van der Waals surface area contributed by atoms with Gasteiger partial charge in [-0.25, -0.2) is 4.98 Å². The van der Waals surface area contributed by atoms with Crippen LogP contribution in [0.2, 0.25) is 0 Å². The first kappa shape index (κ1) is 16.1. The summed E-state index contributed by atoms with van der Waals surface area (Å²) in [6.07, 6.45) is 4.10. The predicted molar refractivity (Wildman–Crippen MR) is 91.4 cm³/mol. The summed E-state index contributed by atoms with van der Waals surface area (Å²) in [5, 5.41) is 7.65. The molecule has 0 bridgehead atoms. The van der Waals surface area contributed by atoms with E-state index >= 15 is 0 Å². The van der Waals surface area contributed by atoms with Crippen LogP contribution in [0.3, 0.4) is 0 Å². The Bertz CT molecular complexity index is 685. The SMILES string of the molecule is CCc1nc(SCC(=O)N(C)C2CCCc3ccccc32)n[nH]1. The van der Waals surface area contributed by atoms with E-state index < -0.39 is 0 Å². The molecule has 1 amide bonds. The molecule has 122 valence electrons. The van der Waals surface area contributed by atoms with E-state index in [4.69, 9.17) is 0 Å². The molecule has 0 spiro atoms. The first-order chi connectivity index (χ1) is 11.2. The topological polar surface area (TPSA) is 61.9 Å². The number of carbonyl (C=O) groups is 1. The maximum Gasteiger partial charge on any atom is 0.233 e. The highest BCUT2D eigenvalue weighted by atomic mass is 32.2. The number of aryl methyl sites for hydroxylation is 2. The highest BCUT2D eigenvalue weighted by Gasteiger charge is 2.26. The molecule has 1 aromatic carbocycles. The van der Waals surface area contributed by atoms with E-state index in [9.17, 15) is 4.79 Å². The van der Waals surface area contributed by atoms with Gasteiger partial charge in [0.1, 0.15) is 5.82 Å². The molecule has 1 aliphatic carbocycles. The molecule has 1 aliphatic rings. The number of aromatic amines is 1. The van der Waals surface area contributed by atoms with Gasteiger partial charge in [-0.05, 0) is 30.4 Å². The van der Waals surface area contributed by atoms with Crippen molar-refractivity contribution in [3.8, 4) is 0 Å². The highest BCUT2D eigenvalue weighted by Crippen LogP contribution is 2.33. The fraction of sp³-hybridized carbons (Fsp3) is 0.471. The van der Waals surface area contributed by atoms with Crippen molar-refractivity contribution in [3.63, 3.8) is 0 Å². The lowest BCUT2D eigenvalue weighted by molar-refractivity contribution is -0.129. The van der Waals surface area contributed by atoms with Crippen molar-refractivity contribution in [1.82, 2.24) is 20.1 Å². The number of H-pyrrole nitrogens is 1. The molecule has 23 heavy (non-hydrogen) atoms. The van der Waals surface area contributed by atoms with Gasteiger partial charge in [0.05, 0.1) is 11.8 Å². The van der Waals surface area contributed by atoms with E-state index in [2.05, 4.69) is 39.4 Å². The number of rotatable bonds is 5. The van der Waals surface area contributed by atoms with Crippen molar-refractivity contribution >= 4 is 17.7 Å². The standard InChI is InChI=1S/C17H22N4OS/c1-3-15-18-17(20-19-15)23-11-16(22)21(2)14-10-6-8-12-7-4-5-9-13(12)14/h4-5,7,9,14H,3,6,8,10-11H2,1-2H3,(H,18,19,20). The number of fused-ring (bicyclic) bond motifs is 1. The molecule has 3 rings (SSSR count). The van der Waals surface area contributed by atoms with Gasteiger partial charge in [0.15, 0.2) is 0 Å². The molecule has 0 radical (unpaired) electrons. The lowest BCUT2D eigenvalue weighted by Gasteiger charge is -2.33. The fourth-order valence-corrected chi connectivity index (χ4v) is 3.77. The third kappa shape index (κ3) is 3.58. The van der Waals surface area contributed by atoms with Crippen molar-refractivity contribution in [3.05, 3.63) is 41.2 Å². The van der Waals surface area contributed by atoms with Gasteiger partial charge < -0.3 is 4.90 Å². The Kier molecular flexibility index (Phi) is 5.00. The quantitative estimate of drug-likeness (QED) is 0.856. The molecule has 1 atom stereocenters. The summed E-state index contributed by atoms with van der Waals surface area (Å²) in [7, 11) is 1.91. The minimum atomic E-state index is 0.125. The maximum absolute atomic E-state index is 12.5. The van der Waals surface area contributed by atoms with Crippen LogP contribution in [0.15, 0.2) is 29.4 Å². The van der Waals surface area contributed by atoms with Crippen LogP contribution < -0.4 is 0 Å². The molecule has 1 aromatic heterocycles. The number of benzene rings is 1. The van der Waals surface area contributed by atoms with Crippen LogP contribution >= 0.6 is 11.8 Å². The van der Waals surface area contributed by atoms with Crippen molar-refractivity contribution in [2.75, 3.05) is 12.8 Å². The van der Waals surface area contributed by atoms with Crippen LogP contribution in [0.1, 0.15) is 42.8 Å². The number of nitrogens with one attached hydrogen (secondary N) is 1. The van der Waals surface area contributed by atoms with Gasteiger partial charge >= 0.3 is 0 Å². The monoisotopic (exact) mass is 330 g/mol. The lowest BCUT2D eigenvalue weighted by atomic mass is 9.87. The second kappa shape index (κ2) is 7.17. The van der Waals surface area contributed by atoms with Crippen LogP contribution in [0, 0.1) is 0 Å². The van der Waals surface area contributed by atoms with Crippen molar-refractivity contribution in [1.29, 1.82) is 0 Å². The van der Waals surface area contributed by atoms with E-state index in [0.29, 0.717) is 10.9 Å². The Morgan fingerprint density at radius 1 is 1.43 bits per heavy atom. The van der Waals surface area contributed by atoms with Crippen LogP contribution in [0.4, 0.5) is 0 Å².